The molecule has 1 saturated carbocycles. The van der Waals surface area contributed by atoms with Crippen LogP contribution in [0.2, 0.25) is 0 Å². The molecule has 0 aromatic heterocycles. The summed E-state index contributed by atoms with van der Waals surface area (Å²) in [5.41, 5.74) is 0. The van der Waals surface area contributed by atoms with Gasteiger partial charge in [0.15, 0.2) is 6.61 Å². The third kappa shape index (κ3) is 4.47. The lowest BCUT2D eigenvalue weighted by Crippen LogP contribution is -2.36. The van der Waals surface area contributed by atoms with E-state index in [1.54, 1.807) is 0 Å². The van der Waals surface area contributed by atoms with E-state index in [0.717, 1.165) is 18.6 Å². The summed E-state index contributed by atoms with van der Waals surface area (Å²) in [6, 6.07) is 7.65. The molecular weight excluding hydrogens is 242 g/mol. The lowest BCUT2D eigenvalue weighted by Gasteiger charge is -2.12. The predicted molar refractivity (Wildman–Crippen MR) is 73.5 cm³/mol. The summed E-state index contributed by atoms with van der Waals surface area (Å²) >= 11 is 0. The molecule has 1 N–H and O–H groups in total. The molecule has 1 amide bonds. The predicted octanol–water partition coefficient (Wildman–Crippen LogP) is 2.52. The SMILES string of the molecule is CCOc1ccc(OCC(=O)NC2CCCC2)cc1. The maximum Gasteiger partial charge on any atom is 0.258 e. The molecular formula is C15H21NO3. The molecule has 104 valence electrons. The average molecular weight is 263 g/mol. The molecule has 1 aliphatic rings. The first-order valence-corrected chi connectivity index (χ1v) is 6.93. The van der Waals surface area contributed by atoms with Crippen molar-refractivity contribution >= 4 is 5.91 Å². The maximum atomic E-state index is 11.7. The van der Waals surface area contributed by atoms with Gasteiger partial charge in [-0.05, 0) is 44.0 Å². The molecule has 0 heterocycles. The minimum atomic E-state index is -0.0409. The lowest BCUT2D eigenvalue weighted by atomic mass is 10.2. The van der Waals surface area contributed by atoms with E-state index >= 15 is 0 Å². The average Bonchev–Trinajstić information content (AvgIpc) is 2.91. The summed E-state index contributed by atoms with van der Waals surface area (Å²) in [7, 11) is 0. The van der Waals surface area contributed by atoms with Gasteiger partial charge in [-0.1, -0.05) is 12.8 Å². The molecule has 19 heavy (non-hydrogen) atoms. The van der Waals surface area contributed by atoms with Crippen LogP contribution in [0.4, 0.5) is 0 Å². The minimum Gasteiger partial charge on any atom is -0.494 e. The number of hydrogen-bond acceptors (Lipinski definition) is 3. The summed E-state index contributed by atoms with van der Waals surface area (Å²) in [5.74, 6) is 1.45. The van der Waals surface area contributed by atoms with Crippen molar-refractivity contribution in [1.29, 1.82) is 0 Å². The Kier molecular flexibility index (Phi) is 5.07. The van der Waals surface area contributed by atoms with Crippen LogP contribution in [-0.2, 0) is 4.79 Å². The summed E-state index contributed by atoms with van der Waals surface area (Å²) in [5, 5.41) is 2.99. The fraction of sp³-hybridized carbons (Fsp3) is 0.533. The van der Waals surface area contributed by atoms with E-state index in [1.165, 1.54) is 12.8 Å². The number of nitrogens with one attached hydrogen (secondary N) is 1. The summed E-state index contributed by atoms with van der Waals surface area (Å²) in [6.45, 7) is 2.66. The lowest BCUT2D eigenvalue weighted by molar-refractivity contribution is -0.123. The van der Waals surface area contributed by atoms with Crippen molar-refractivity contribution in [2.45, 2.75) is 38.6 Å². The largest absolute Gasteiger partial charge is 0.494 e. The second-order valence-electron chi connectivity index (χ2n) is 4.74. The molecule has 0 radical (unpaired) electrons. The summed E-state index contributed by atoms with van der Waals surface area (Å²) in [4.78, 5) is 11.7. The van der Waals surface area contributed by atoms with Crippen molar-refractivity contribution in [1.82, 2.24) is 5.32 Å². The van der Waals surface area contributed by atoms with Crippen LogP contribution in [0.25, 0.3) is 0 Å². The molecule has 1 aromatic rings. The zero-order valence-electron chi connectivity index (χ0n) is 11.4. The van der Waals surface area contributed by atoms with Gasteiger partial charge in [-0.2, -0.15) is 0 Å². The first kappa shape index (κ1) is 13.7. The monoisotopic (exact) mass is 263 g/mol. The van der Waals surface area contributed by atoms with Gasteiger partial charge in [0.25, 0.3) is 5.91 Å². The third-order valence-electron chi connectivity index (χ3n) is 3.22. The van der Waals surface area contributed by atoms with Crippen molar-refractivity contribution in [3.05, 3.63) is 24.3 Å². The van der Waals surface area contributed by atoms with Gasteiger partial charge in [0.2, 0.25) is 0 Å². The van der Waals surface area contributed by atoms with Gasteiger partial charge in [0.1, 0.15) is 11.5 Å². The van der Waals surface area contributed by atoms with Crippen molar-refractivity contribution in [3.8, 4) is 11.5 Å². The molecule has 0 spiro atoms. The molecule has 2 rings (SSSR count). The van der Waals surface area contributed by atoms with Crippen LogP contribution in [0.15, 0.2) is 24.3 Å². The Morgan fingerprint density at radius 2 is 1.74 bits per heavy atom. The van der Waals surface area contributed by atoms with E-state index in [9.17, 15) is 4.79 Å². The van der Waals surface area contributed by atoms with Crippen LogP contribution in [0.1, 0.15) is 32.6 Å². The number of benzene rings is 1. The molecule has 4 nitrogen and oxygen atoms in total. The van der Waals surface area contributed by atoms with E-state index in [2.05, 4.69) is 5.32 Å². The topological polar surface area (TPSA) is 47.6 Å². The third-order valence-corrected chi connectivity index (χ3v) is 3.22. The van der Waals surface area contributed by atoms with Gasteiger partial charge < -0.3 is 14.8 Å². The minimum absolute atomic E-state index is 0.0409. The highest BCUT2D eigenvalue weighted by atomic mass is 16.5. The number of amides is 1. The fourth-order valence-electron chi connectivity index (χ4n) is 2.29. The van der Waals surface area contributed by atoms with E-state index in [0.29, 0.717) is 18.4 Å². The van der Waals surface area contributed by atoms with E-state index < -0.39 is 0 Å². The highest BCUT2D eigenvalue weighted by Gasteiger charge is 2.17. The molecule has 0 aliphatic heterocycles. The molecule has 1 fully saturated rings. The molecule has 0 bridgehead atoms. The smallest absolute Gasteiger partial charge is 0.258 e. The van der Waals surface area contributed by atoms with Gasteiger partial charge >= 0.3 is 0 Å². The van der Waals surface area contributed by atoms with Gasteiger partial charge in [0, 0.05) is 6.04 Å². The first-order chi connectivity index (χ1) is 9.28. The Morgan fingerprint density at radius 1 is 1.16 bits per heavy atom. The van der Waals surface area contributed by atoms with Crippen LogP contribution in [-0.4, -0.2) is 25.2 Å². The first-order valence-electron chi connectivity index (χ1n) is 6.93. The van der Waals surface area contributed by atoms with Crippen LogP contribution >= 0.6 is 0 Å². The second-order valence-corrected chi connectivity index (χ2v) is 4.74. The highest BCUT2D eigenvalue weighted by molar-refractivity contribution is 5.77. The number of carbonyl (C=O) groups is 1. The number of hydrogen-bond donors (Lipinski definition) is 1. The Balaban J connectivity index is 1.73. The van der Waals surface area contributed by atoms with Gasteiger partial charge in [-0.3, -0.25) is 4.79 Å². The molecule has 0 unspecified atom stereocenters. The molecule has 1 aliphatic carbocycles. The highest BCUT2D eigenvalue weighted by Crippen LogP contribution is 2.18. The number of rotatable bonds is 6. The zero-order valence-corrected chi connectivity index (χ0v) is 11.4. The van der Waals surface area contributed by atoms with Crippen molar-refractivity contribution < 1.29 is 14.3 Å². The van der Waals surface area contributed by atoms with E-state index in [4.69, 9.17) is 9.47 Å². The van der Waals surface area contributed by atoms with Crippen LogP contribution in [0.5, 0.6) is 11.5 Å². The van der Waals surface area contributed by atoms with Crippen molar-refractivity contribution in [3.63, 3.8) is 0 Å². The normalized spacial score (nSPS) is 15.2. The standard InChI is InChI=1S/C15H21NO3/c1-2-18-13-7-9-14(10-8-13)19-11-15(17)16-12-5-3-4-6-12/h7-10,12H,2-6,11H2,1H3,(H,16,17). The van der Waals surface area contributed by atoms with Gasteiger partial charge in [-0.25, -0.2) is 0 Å². The van der Waals surface area contributed by atoms with E-state index in [1.807, 2.05) is 31.2 Å². The fourth-order valence-corrected chi connectivity index (χ4v) is 2.29. The summed E-state index contributed by atoms with van der Waals surface area (Å²) < 4.78 is 10.8. The maximum absolute atomic E-state index is 11.7. The summed E-state index contributed by atoms with van der Waals surface area (Å²) in [6.07, 6.45) is 4.61. The second kappa shape index (κ2) is 7.02. The van der Waals surface area contributed by atoms with E-state index in [-0.39, 0.29) is 12.5 Å². The molecule has 4 heteroatoms. The number of ether oxygens (including phenoxy) is 2. The molecule has 0 atom stereocenters. The molecule has 1 aromatic carbocycles. The Hall–Kier alpha value is -1.71. The molecule has 0 saturated heterocycles. The quantitative estimate of drug-likeness (QED) is 0.858. The Bertz CT molecular complexity index is 396. The van der Waals surface area contributed by atoms with Crippen LogP contribution in [0, 0.1) is 0 Å². The van der Waals surface area contributed by atoms with Gasteiger partial charge in [-0.15, -0.1) is 0 Å². The van der Waals surface area contributed by atoms with Crippen LogP contribution < -0.4 is 14.8 Å². The van der Waals surface area contributed by atoms with Crippen LogP contribution in [0.3, 0.4) is 0 Å². The van der Waals surface area contributed by atoms with Crippen molar-refractivity contribution in [2.75, 3.05) is 13.2 Å². The number of carbonyl (C=O) groups excluding carboxylic acids is 1. The zero-order chi connectivity index (χ0) is 13.5. The van der Waals surface area contributed by atoms with Gasteiger partial charge in [0.05, 0.1) is 6.61 Å². The Morgan fingerprint density at radius 3 is 2.32 bits per heavy atom. The van der Waals surface area contributed by atoms with Crippen molar-refractivity contribution in [2.24, 2.45) is 0 Å². The Labute approximate surface area is 114 Å².